The van der Waals surface area contributed by atoms with Gasteiger partial charge in [0, 0.05) is 22.8 Å². The molecule has 2 atom stereocenters. The van der Waals surface area contributed by atoms with Gasteiger partial charge in [-0.3, -0.25) is 15.0 Å². The minimum Gasteiger partial charge on any atom is -0.463 e. The Morgan fingerprint density at radius 2 is 1.79 bits per heavy atom. The van der Waals surface area contributed by atoms with Crippen molar-refractivity contribution in [3.63, 3.8) is 0 Å². The molecular weight excluding hydrogens is 490 g/mol. The van der Waals surface area contributed by atoms with Gasteiger partial charge in [0.05, 0.1) is 12.7 Å². The average Bonchev–Trinajstić information content (AvgIpc) is 2.96. The van der Waals surface area contributed by atoms with Crippen molar-refractivity contribution in [3.05, 3.63) is 75.5 Å². The molecule has 0 radical (unpaired) electrons. The number of hydrogen-bond donors (Lipinski definition) is 1. The molecule has 1 aliphatic heterocycles. The van der Waals surface area contributed by atoms with Gasteiger partial charge in [0.1, 0.15) is 5.60 Å². The van der Waals surface area contributed by atoms with Gasteiger partial charge in [0.2, 0.25) is 5.54 Å². The number of halogens is 1. The quantitative estimate of drug-likeness (QED) is 0.490. The van der Waals surface area contributed by atoms with Crippen molar-refractivity contribution >= 4 is 39.6 Å². The number of carbonyl (C=O) groups is 3. The van der Waals surface area contributed by atoms with Gasteiger partial charge in [-0.2, -0.15) is 0 Å². The van der Waals surface area contributed by atoms with E-state index in [-0.39, 0.29) is 11.1 Å². The van der Waals surface area contributed by atoms with Crippen molar-refractivity contribution in [2.75, 3.05) is 19.1 Å². The molecule has 8 nitrogen and oxygen atoms in total. The number of ether oxygens (including phenoxy) is 2. The Morgan fingerprint density at radius 3 is 2.33 bits per heavy atom. The zero-order chi connectivity index (χ0) is 24.6. The fourth-order valence-electron chi connectivity index (χ4n) is 4.10. The Labute approximate surface area is 200 Å². The maximum Gasteiger partial charge on any atom is 0.409 e. The van der Waals surface area contributed by atoms with Crippen molar-refractivity contribution in [2.45, 2.75) is 37.5 Å². The van der Waals surface area contributed by atoms with E-state index in [1.807, 2.05) is 0 Å². The van der Waals surface area contributed by atoms with Crippen LogP contribution in [-0.2, 0) is 30.1 Å². The van der Waals surface area contributed by atoms with Gasteiger partial charge in [-0.25, -0.2) is 16.2 Å². The highest BCUT2D eigenvalue weighted by Crippen LogP contribution is 2.53. The Balaban J connectivity index is 2.45. The molecule has 172 valence electrons. The van der Waals surface area contributed by atoms with Crippen LogP contribution in [0.25, 0.3) is 4.85 Å². The lowest BCUT2D eigenvalue weighted by Gasteiger charge is -2.37. The number of nitrogens with zero attached hydrogens (tertiary/aromatic N) is 2. The SMILES string of the molecule is [C-]#[N+][C@](C(=O)OC)(c1ccccc1)[C@@]1(NC(=O)OC(C)(C)C)C(=O)N(C)c2ccc(Br)cc21. The first-order valence-corrected chi connectivity index (χ1v) is 10.9. The lowest BCUT2D eigenvalue weighted by molar-refractivity contribution is -0.152. The number of alkyl carbamates (subject to hydrolysis) is 1. The molecule has 0 saturated carbocycles. The van der Waals surface area contributed by atoms with E-state index in [0.717, 1.165) is 7.11 Å². The number of likely N-dealkylation sites (N-methyl/N-ethyl adjacent to an activating group) is 1. The number of carbonyl (C=O) groups excluding carboxylic acids is 3. The summed E-state index contributed by atoms with van der Waals surface area (Å²) in [5.41, 5.74) is -4.45. The van der Waals surface area contributed by atoms with Crippen LogP contribution in [-0.4, -0.2) is 37.7 Å². The predicted octanol–water partition coefficient (Wildman–Crippen LogP) is 4.13. The molecule has 3 rings (SSSR count). The van der Waals surface area contributed by atoms with Crippen LogP contribution in [0.3, 0.4) is 0 Å². The second-order valence-electron chi connectivity index (χ2n) is 8.58. The molecule has 2 aromatic carbocycles. The molecule has 33 heavy (non-hydrogen) atoms. The number of rotatable bonds is 4. The third-order valence-electron chi connectivity index (χ3n) is 5.42. The second kappa shape index (κ2) is 8.52. The van der Waals surface area contributed by atoms with Crippen molar-refractivity contribution in [3.8, 4) is 0 Å². The number of esters is 1. The van der Waals surface area contributed by atoms with Gasteiger partial charge in [0.15, 0.2) is 0 Å². The molecule has 0 aromatic heterocycles. The fraction of sp³-hybridized carbons (Fsp3) is 0.333. The number of anilines is 1. The zero-order valence-corrected chi connectivity index (χ0v) is 20.5. The van der Waals surface area contributed by atoms with Crippen LogP contribution in [0.5, 0.6) is 0 Å². The number of amides is 2. The maximum absolute atomic E-state index is 14.0. The summed E-state index contributed by atoms with van der Waals surface area (Å²) >= 11 is 3.40. The zero-order valence-electron chi connectivity index (χ0n) is 18.9. The van der Waals surface area contributed by atoms with E-state index in [1.54, 1.807) is 69.3 Å². The van der Waals surface area contributed by atoms with Crippen molar-refractivity contribution < 1.29 is 23.9 Å². The van der Waals surface area contributed by atoms with Crippen molar-refractivity contribution in [1.29, 1.82) is 0 Å². The molecule has 1 heterocycles. The van der Waals surface area contributed by atoms with Gasteiger partial charge < -0.3 is 14.4 Å². The Kier molecular flexibility index (Phi) is 6.27. The minimum atomic E-state index is -2.28. The third kappa shape index (κ3) is 3.74. The van der Waals surface area contributed by atoms with Gasteiger partial charge in [-0.15, -0.1) is 0 Å². The first-order valence-electron chi connectivity index (χ1n) is 10.1. The molecule has 0 unspecified atom stereocenters. The Morgan fingerprint density at radius 1 is 1.15 bits per heavy atom. The van der Waals surface area contributed by atoms with E-state index in [0.29, 0.717) is 10.2 Å². The minimum absolute atomic E-state index is 0.192. The molecule has 2 amide bonds. The van der Waals surface area contributed by atoms with Crippen LogP contribution >= 0.6 is 15.9 Å². The summed E-state index contributed by atoms with van der Waals surface area (Å²) in [4.78, 5) is 45.6. The summed E-state index contributed by atoms with van der Waals surface area (Å²) in [5, 5.41) is 2.63. The van der Waals surface area contributed by atoms with Crippen LogP contribution in [0.4, 0.5) is 10.5 Å². The summed E-state index contributed by atoms with van der Waals surface area (Å²) in [5.74, 6) is -1.67. The first kappa shape index (κ1) is 24.3. The Hall–Kier alpha value is -3.38. The van der Waals surface area contributed by atoms with Gasteiger partial charge in [0.25, 0.3) is 5.91 Å². The topological polar surface area (TPSA) is 89.3 Å². The summed E-state index contributed by atoms with van der Waals surface area (Å²) in [6, 6.07) is 13.1. The van der Waals surface area contributed by atoms with Crippen LogP contribution in [0.2, 0.25) is 0 Å². The molecule has 0 bridgehead atoms. The molecule has 0 spiro atoms. The summed E-state index contributed by atoms with van der Waals surface area (Å²) in [6.45, 7) is 13.2. The highest BCUT2D eigenvalue weighted by molar-refractivity contribution is 9.10. The largest absolute Gasteiger partial charge is 0.463 e. The van der Waals surface area contributed by atoms with E-state index >= 15 is 0 Å². The van der Waals surface area contributed by atoms with Gasteiger partial charge in [-0.1, -0.05) is 46.3 Å². The van der Waals surface area contributed by atoms with E-state index in [9.17, 15) is 14.4 Å². The summed E-state index contributed by atoms with van der Waals surface area (Å²) in [7, 11) is 2.65. The summed E-state index contributed by atoms with van der Waals surface area (Å²) < 4.78 is 11.1. The van der Waals surface area contributed by atoms with E-state index < -0.39 is 34.6 Å². The van der Waals surface area contributed by atoms with Crippen LogP contribution in [0.15, 0.2) is 53.0 Å². The van der Waals surface area contributed by atoms with Crippen molar-refractivity contribution in [2.24, 2.45) is 0 Å². The molecule has 0 saturated heterocycles. The van der Waals surface area contributed by atoms with Crippen LogP contribution in [0.1, 0.15) is 31.9 Å². The molecule has 1 N–H and O–H groups in total. The number of methoxy groups -OCH3 is 1. The summed E-state index contributed by atoms with van der Waals surface area (Å²) in [6.07, 6.45) is -0.954. The monoisotopic (exact) mass is 513 g/mol. The van der Waals surface area contributed by atoms with Crippen LogP contribution < -0.4 is 10.2 Å². The number of benzene rings is 2. The fourth-order valence-corrected chi connectivity index (χ4v) is 4.46. The van der Waals surface area contributed by atoms with Gasteiger partial charge >= 0.3 is 17.6 Å². The van der Waals surface area contributed by atoms with Gasteiger partial charge in [-0.05, 0) is 39.0 Å². The predicted molar refractivity (Wildman–Crippen MR) is 125 cm³/mol. The standard InChI is InChI=1S/C24H24BrN3O5/c1-22(2,3)33-21(31)27-24(17-14-16(25)12-13-18(17)28(5)19(24)29)23(26-4,20(30)32-6)15-10-8-7-9-11-15/h7-14H,1-3,5-6H3,(H,27,31)/t23-,24-/m0/s1. The smallest absolute Gasteiger partial charge is 0.409 e. The number of hydrogen-bond acceptors (Lipinski definition) is 5. The number of nitrogens with one attached hydrogen (secondary N) is 1. The highest BCUT2D eigenvalue weighted by Gasteiger charge is 2.75. The normalized spacial score (nSPS) is 19.2. The first-order chi connectivity index (χ1) is 15.4. The highest BCUT2D eigenvalue weighted by atomic mass is 79.9. The molecule has 2 aromatic rings. The lowest BCUT2D eigenvalue weighted by atomic mass is 9.68. The lowest BCUT2D eigenvalue weighted by Crippen LogP contribution is -2.66. The molecule has 1 aliphatic rings. The third-order valence-corrected chi connectivity index (χ3v) is 5.91. The maximum atomic E-state index is 14.0. The molecular formula is C24H24BrN3O5. The molecule has 9 heteroatoms. The Bertz CT molecular complexity index is 1150. The van der Waals surface area contributed by atoms with Crippen molar-refractivity contribution in [1.82, 2.24) is 5.32 Å². The second-order valence-corrected chi connectivity index (χ2v) is 9.50. The molecule has 0 fully saturated rings. The average molecular weight is 514 g/mol. The van der Waals surface area contributed by atoms with E-state index in [4.69, 9.17) is 16.0 Å². The molecule has 0 aliphatic carbocycles. The van der Waals surface area contributed by atoms with Crippen LogP contribution in [0, 0.1) is 6.57 Å². The van der Waals surface area contributed by atoms with E-state index in [1.165, 1.54) is 11.9 Å². The number of fused-ring (bicyclic) bond motifs is 1. The van der Waals surface area contributed by atoms with E-state index in [2.05, 4.69) is 26.1 Å².